The highest BCUT2D eigenvalue weighted by molar-refractivity contribution is 7.12. The van der Waals surface area contributed by atoms with Gasteiger partial charge in [0.05, 0.1) is 0 Å². The molecule has 1 unspecified atom stereocenters. The molecule has 0 aliphatic rings. The van der Waals surface area contributed by atoms with E-state index in [-0.39, 0.29) is 11.9 Å². The van der Waals surface area contributed by atoms with Crippen LogP contribution in [0.2, 0.25) is 0 Å². The summed E-state index contributed by atoms with van der Waals surface area (Å²) in [7, 11) is 0. The molecule has 0 bridgehead atoms. The number of benzene rings is 1. The third-order valence-corrected chi connectivity index (χ3v) is 3.80. The summed E-state index contributed by atoms with van der Waals surface area (Å²) in [4.78, 5) is 2.28. The molecule has 0 aliphatic carbocycles. The highest BCUT2D eigenvalue weighted by Crippen LogP contribution is 2.29. The zero-order chi connectivity index (χ0) is 13.1. The van der Waals surface area contributed by atoms with Crippen LogP contribution in [0.15, 0.2) is 30.3 Å². The van der Waals surface area contributed by atoms with E-state index < -0.39 is 0 Å². The second-order valence-electron chi connectivity index (χ2n) is 4.20. The fraction of sp³-hybridized carbons (Fsp3) is 0.286. The lowest BCUT2D eigenvalue weighted by Gasteiger charge is -2.17. The molecule has 2 rings (SSSR count). The summed E-state index contributed by atoms with van der Waals surface area (Å²) in [5.74, 6) is 0.255. The van der Waals surface area contributed by atoms with E-state index in [9.17, 15) is 4.39 Å². The number of halogens is 1. The number of nitrogens with two attached hydrogens (primary N) is 1. The number of thiophene rings is 1. The highest BCUT2D eigenvalue weighted by atomic mass is 32.1. The summed E-state index contributed by atoms with van der Waals surface area (Å²) in [6.07, 6.45) is -0.218. The molecule has 0 amide bonds. The van der Waals surface area contributed by atoms with E-state index in [4.69, 9.17) is 10.5 Å². The molecule has 18 heavy (non-hydrogen) atoms. The topological polar surface area (TPSA) is 35.2 Å². The molecule has 0 radical (unpaired) electrons. The zero-order valence-corrected chi connectivity index (χ0v) is 11.3. The number of aryl methyl sites for hydroxylation is 2. The molecular weight excluding hydrogens is 249 g/mol. The number of hydrogen-bond donors (Lipinski definition) is 1. The Morgan fingerprint density at radius 1 is 1.28 bits per heavy atom. The van der Waals surface area contributed by atoms with Gasteiger partial charge in [-0.25, -0.2) is 4.39 Å². The first-order valence-electron chi connectivity index (χ1n) is 5.79. The van der Waals surface area contributed by atoms with E-state index in [2.05, 4.69) is 0 Å². The maximum absolute atomic E-state index is 13.2. The third kappa shape index (κ3) is 2.89. The minimum atomic E-state index is -0.297. The molecule has 0 saturated heterocycles. The largest absolute Gasteiger partial charge is 0.483 e. The van der Waals surface area contributed by atoms with Crippen molar-refractivity contribution in [1.82, 2.24) is 0 Å². The summed E-state index contributed by atoms with van der Waals surface area (Å²) in [6.45, 7) is 4.30. The van der Waals surface area contributed by atoms with Gasteiger partial charge in [-0.1, -0.05) is 6.07 Å². The lowest BCUT2D eigenvalue weighted by atomic mass is 10.2. The van der Waals surface area contributed by atoms with Crippen LogP contribution in [-0.2, 0) is 0 Å². The maximum atomic E-state index is 13.2. The van der Waals surface area contributed by atoms with Crippen LogP contribution < -0.4 is 10.5 Å². The van der Waals surface area contributed by atoms with Crippen molar-refractivity contribution in [2.75, 3.05) is 6.54 Å². The van der Waals surface area contributed by atoms with Gasteiger partial charge in [-0.15, -0.1) is 11.3 Å². The first-order valence-corrected chi connectivity index (χ1v) is 6.61. The van der Waals surface area contributed by atoms with Crippen LogP contribution >= 0.6 is 11.3 Å². The second-order valence-corrected chi connectivity index (χ2v) is 5.52. The van der Waals surface area contributed by atoms with Gasteiger partial charge in [0.15, 0.2) is 0 Å². The smallest absolute Gasteiger partial charge is 0.145 e. The van der Waals surface area contributed by atoms with Crippen LogP contribution in [0.1, 0.15) is 21.4 Å². The van der Waals surface area contributed by atoms with Crippen LogP contribution in [0.3, 0.4) is 0 Å². The van der Waals surface area contributed by atoms with Gasteiger partial charge in [-0.05, 0) is 37.6 Å². The van der Waals surface area contributed by atoms with Crippen LogP contribution in [0.4, 0.5) is 4.39 Å². The molecule has 2 aromatic rings. The molecule has 4 heteroatoms. The van der Waals surface area contributed by atoms with Crippen molar-refractivity contribution in [2.24, 2.45) is 5.73 Å². The average molecular weight is 265 g/mol. The molecule has 0 aliphatic heterocycles. The molecule has 0 spiro atoms. The fourth-order valence-corrected chi connectivity index (χ4v) is 2.62. The van der Waals surface area contributed by atoms with Gasteiger partial charge < -0.3 is 10.5 Å². The van der Waals surface area contributed by atoms with Crippen molar-refractivity contribution in [3.63, 3.8) is 0 Å². The van der Waals surface area contributed by atoms with Crippen LogP contribution in [0.5, 0.6) is 5.75 Å². The van der Waals surface area contributed by atoms with E-state index in [1.165, 1.54) is 17.0 Å². The molecule has 96 valence electrons. The Morgan fingerprint density at radius 3 is 2.67 bits per heavy atom. The van der Waals surface area contributed by atoms with E-state index in [1.807, 2.05) is 26.0 Å². The Labute approximate surface area is 110 Å². The summed E-state index contributed by atoms with van der Waals surface area (Å²) in [6, 6.07) is 8.57. The summed E-state index contributed by atoms with van der Waals surface area (Å²) >= 11 is 1.65. The normalized spacial score (nSPS) is 12.4. The summed E-state index contributed by atoms with van der Waals surface area (Å²) in [5.41, 5.74) is 6.64. The van der Waals surface area contributed by atoms with Crippen molar-refractivity contribution >= 4 is 11.3 Å². The van der Waals surface area contributed by atoms with E-state index in [0.717, 1.165) is 10.4 Å². The van der Waals surface area contributed by atoms with Gasteiger partial charge in [0.1, 0.15) is 17.7 Å². The van der Waals surface area contributed by atoms with Gasteiger partial charge in [0, 0.05) is 22.4 Å². The predicted octanol–water partition coefficient (Wildman–Crippen LogP) is 3.58. The van der Waals surface area contributed by atoms with Gasteiger partial charge >= 0.3 is 0 Å². The SMILES string of the molecule is Cc1ccc(C(CN)Oc2cc(F)ccc2C)s1. The van der Waals surface area contributed by atoms with Gasteiger partial charge in [-0.3, -0.25) is 0 Å². The maximum Gasteiger partial charge on any atom is 0.145 e. The minimum absolute atomic E-state index is 0.218. The Balaban J connectivity index is 2.22. The lowest BCUT2D eigenvalue weighted by Crippen LogP contribution is -2.17. The number of hydrogen-bond acceptors (Lipinski definition) is 3. The molecule has 1 aromatic carbocycles. The first-order chi connectivity index (χ1) is 8.60. The lowest BCUT2D eigenvalue weighted by molar-refractivity contribution is 0.215. The third-order valence-electron chi connectivity index (χ3n) is 2.71. The molecular formula is C14H16FNOS. The molecule has 0 saturated carbocycles. The average Bonchev–Trinajstić information content (AvgIpc) is 2.77. The first kappa shape index (κ1) is 13.1. The Bertz CT molecular complexity index is 538. The van der Waals surface area contributed by atoms with Crippen LogP contribution in [0, 0.1) is 19.7 Å². The van der Waals surface area contributed by atoms with E-state index >= 15 is 0 Å². The second kappa shape index (κ2) is 5.50. The van der Waals surface area contributed by atoms with E-state index in [1.54, 1.807) is 17.4 Å². The van der Waals surface area contributed by atoms with Gasteiger partial charge in [0.2, 0.25) is 0 Å². The molecule has 1 heterocycles. The predicted molar refractivity (Wildman–Crippen MR) is 72.6 cm³/mol. The Morgan fingerprint density at radius 2 is 2.06 bits per heavy atom. The molecule has 2 N–H and O–H groups in total. The minimum Gasteiger partial charge on any atom is -0.483 e. The van der Waals surface area contributed by atoms with Crippen LogP contribution in [-0.4, -0.2) is 6.54 Å². The molecule has 1 atom stereocenters. The summed E-state index contributed by atoms with van der Waals surface area (Å²) < 4.78 is 19.0. The Kier molecular flexibility index (Phi) is 3.99. The standard InChI is InChI=1S/C14H16FNOS/c1-9-3-5-11(15)7-12(9)17-13(8-16)14-6-4-10(2)18-14/h3-7,13H,8,16H2,1-2H3. The van der Waals surface area contributed by atoms with Crippen molar-refractivity contribution in [3.8, 4) is 5.75 Å². The zero-order valence-electron chi connectivity index (χ0n) is 10.4. The molecule has 0 fully saturated rings. The number of ether oxygens (including phenoxy) is 1. The van der Waals surface area contributed by atoms with Crippen molar-refractivity contribution in [3.05, 3.63) is 51.5 Å². The molecule has 1 aromatic heterocycles. The fourth-order valence-electron chi connectivity index (χ4n) is 1.70. The van der Waals surface area contributed by atoms with Gasteiger partial charge in [0.25, 0.3) is 0 Å². The van der Waals surface area contributed by atoms with Crippen molar-refractivity contribution < 1.29 is 9.13 Å². The van der Waals surface area contributed by atoms with Crippen LogP contribution in [0.25, 0.3) is 0 Å². The summed E-state index contributed by atoms with van der Waals surface area (Å²) in [5, 5.41) is 0. The quantitative estimate of drug-likeness (QED) is 0.917. The van der Waals surface area contributed by atoms with Crippen molar-refractivity contribution in [2.45, 2.75) is 20.0 Å². The van der Waals surface area contributed by atoms with Gasteiger partial charge in [-0.2, -0.15) is 0 Å². The Hall–Kier alpha value is -1.39. The highest BCUT2D eigenvalue weighted by Gasteiger charge is 2.15. The van der Waals surface area contributed by atoms with E-state index in [0.29, 0.717) is 12.3 Å². The number of rotatable bonds is 4. The molecule has 2 nitrogen and oxygen atoms in total. The monoisotopic (exact) mass is 265 g/mol. The van der Waals surface area contributed by atoms with Crippen molar-refractivity contribution in [1.29, 1.82) is 0 Å².